The lowest BCUT2D eigenvalue weighted by atomic mass is 10.8. The van der Waals surface area contributed by atoms with Crippen LogP contribution in [0.25, 0.3) is 0 Å². The van der Waals surface area contributed by atoms with E-state index in [1.807, 2.05) is 0 Å². The highest BCUT2D eigenvalue weighted by atomic mass is 15.3. The first kappa shape index (κ1) is 4.92. The van der Waals surface area contributed by atoms with Crippen molar-refractivity contribution in [3.8, 4) is 0 Å². The third-order valence-electron chi connectivity index (χ3n) is 0.628. The molecular formula is C3H5N5. The van der Waals surface area contributed by atoms with Crippen LogP contribution in [0.1, 0.15) is 0 Å². The van der Waals surface area contributed by atoms with Gasteiger partial charge in [0.1, 0.15) is 6.33 Å². The van der Waals surface area contributed by atoms with Crippen LogP contribution in [0.2, 0.25) is 0 Å². The molecule has 5 nitrogen and oxygen atoms in total. The lowest BCUT2D eigenvalue weighted by Crippen LogP contribution is -2.08. The molecule has 1 aromatic heterocycles. The van der Waals surface area contributed by atoms with E-state index in [0.717, 1.165) is 0 Å². The zero-order chi connectivity index (χ0) is 5.82. The molecule has 8 heavy (non-hydrogen) atoms. The first-order valence-electron chi connectivity index (χ1n) is 2.03. The molecule has 0 amide bonds. The lowest BCUT2D eigenvalue weighted by molar-refractivity contribution is 0.964. The monoisotopic (exact) mass is 111 g/mol. The zero-order valence-electron chi connectivity index (χ0n) is 4.07. The van der Waals surface area contributed by atoms with Crippen LogP contribution < -0.4 is 11.3 Å². The van der Waals surface area contributed by atoms with Gasteiger partial charge in [0, 0.05) is 0 Å². The maximum absolute atomic E-state index is 4.96. The minimum atomic E-state index is 0.465. The molecule has 1 heterocycles. The Hall–Kier alpha value is -1.23. The summed E-state index contributed by atoms with van der Waals surface area (Å²) in [5, 5.41) is 7.00. The number of nitrogen functional groups attached to an aromatic ring is 1. The van der Waals surface area contributed by atoms with E-state index in [-0.39, 0.29) is 0 Å². The van der Waals surface area contributed by atoms with Crippen LogP contribution >= 0.6 is 0 Å². The van der Waals surface area contributed by atoms with E-state index in [1.54, 1.807) is 0 Å². The smallest absolute Gasteiger partial charge is 0.181 e. The molecule has 0 aromatic carbocycles. The summed E-state index contributed by atoms with van der Waals surface area (Å²) in [6, 6.07) is 0. The SMILES string of the molecule is NNc1cncnn1. The minimum Gasteiger partial charge on any atom is -0.306 e. The molecule has 0 aliphatic rings. The third kappa shape index (κ3) is 0.881. The Balaban J connectivity index is 2.83. The number of nitrogens with one attached hydrogen (secondary N) is 1. The highest BCUT2D eigenvalue weighted by molar-refractivity contribution is 5.25. The predicted molar refractivity (Wildman–Crippen MR) is 27.6 cm³/mol. The van der Waals surface area contributed by atoms with Crippen molar-refractivity contribution in [3.63, 3.8) is 0 Å². The van der Waals surface area contributed by atoms with Crippen LogP contribution in [-0.2, 0) is 0 Å². The van der Waals surface area contributed by atoms with Crippen molar-refractivity contribution >= 4 is 5.82 Å². The van der Waals surface area contributed by atoms with Gasteiger partial charge < -0.3 is 5.43 Å². The number of nitrogens with two attached hydrogens (primary N) is 1. The second-order valence-corrected chi connectivity index (χ2v) is 1.14. The van der Waals surface area contributed by atoms with Gasteiger partial charge in [-0.1, -0.05) is 0 Å². The van der Waals surface area contributed by atoms with Crippen molar-refractivity contribution in [2.75, 3.05) is 5.43 Å². The Morgan fingerprint density at radius 1 is 1.62 bits per heavy atom. The Kier molecular flexibility index (Phi) is 1.34. The van der Waals surface area contributed by atoms with E-state index in [2.05, 4.69) is 20.6 Å². The minimum absolute atomic E-state index is 0.465. The highest BCUT2D eigenvalue weighted by Crippen LogP contribution is 1.87. The van der Waals surface area contributed by atoms with Crippen LogP contribution in [0.4, 0.5) is 5.82 Å². The van der Waals surface area contributed by atoms with E-state index in [1.165, 1.54) is 12.5 Å². The first-order valence-corrected chi connectivity index (χ1v) is 2.03. The standard InChI is InChI=1S/C3H5N5/c4-7-3-1-5-2-6-8-3/h1-2H,4H2,(H,7,8). The number of hydrazine groups is 1. The van der Waals surface area contributed by atoms with Gasteiger partial charge in [-0.3, -0.25) is 0 Å². The molecule has 5 heteroatoms. The van der Waals surface area contributed by atoms with Crippen molar-refractivity contribution < 1.29 is 0 Å². The molecule has 0 spiro atoms. The van der Waals surface area contributed by atoms with Gasteiger partial charge in [0.25, 0.3) is 0 Å². The molecule has 1 rings (SSSR count). The molecule has 1 aromatic rings. The maximum Gasteiger partial charge on any atom is 0.181 e. The van der Waals surface area contributed by atoms with Gasteiger partial charge in [-0.2, -0.15) is 0 Å². The van der Waals surface area contributed by atoms with Crippen LogP contribution in [0, 0.1) is 0 Å². The molecule has 0 aliphatic carbocycles. The second kappa shape index (κ2) is 2.17. The third-order valence-corrected chi connectivity index (χ3v) is 0.628. The van der Waals surface area contributed by atoms with Crippen LogP contribution in [0.5, 0.6) is 0 Å². The van der Waals surface area contributed by atoms with Gasteiger partial charge in [0.15, 0.2) is 5.82 Å². The topological polar surface area (TPSA) is 76.7 Å². The fourth-order valence-electron chi connectivity index (χ4n) is 0.314. The summed E-state index contributed by atoms with van der Waals surface area (Å²) in [5.74, 6) is 5.42. The van der Waals surface area contributed by atoms with Crippen molar-refractivity contribution in [2.24, 2.45) is 5.84 Å². The van der Waals surface area contributed by atoms with Crippen LogP contribution in [0.15, 0.2) is 12.5 Å². The Labute approximate surface area is 45.9 Å². The molecule has 0 atom stereocenters. The summed E-state index contributed by atoms with van der Waals surface area (Å²) < 4.78 is 0. The lowest BCUT2D eigenvalue weighted by Gasteiger charge is -1.90. The predicted octanol–water partition coefficient (Wildman–Crippen LogP) is -0.843. The summed E-state index contributed by atoms with van der Waals surface area (Å²) in [6.07, 6.45) is 2.81. The molecule has 42 valence electrons. The highest BCUT2D eigenvalue weighted by Gasteiger charge is 1.82. The first-order chi connectivity index (χ1) is 3.93. The average Bonchev–Trinajstić information content (AvgIpc) is 1.90. The Bertz CT molecular complexity index is 149. The van der Waals surface area contributed by atoms with Crippen LogP contribution in [-0.4, -0.2) is 15.2 Å². The summed E-state index contributed by atoms with van der Waals surface area (Å²) in [4.78, 5) is 3.64. The fourth-order valence-corrected chi connectivity index (χ4v) is 0.314. The van der Waals surface area contributed by atoms with E-state index in [0.29, 0.717) is 5.82 Å². The normalized spacial score (nSPS) is 8.62. The van der Waals surface area contributed by atoms with Gasteiger partial charge in [-0.25, -0.2) is 10.8 Å². The van der Waals surface area contributed by atoms with E-state index < -0.39 is 0 Å². The number of rotatable bonds is 1. The van der Waals surface area contributed by atoms with E-state index >= 15 is 0 Å². The van der Waals surface area contributed by atoms with Crippen LogP contribution in [0.3, 0.4) is 0 Å². The van der Waals surface area contributed by atoms with Gasteiger partial charge in [0.2, 0.25) is 0 Å². The second-order valence-electron chi connectivity index (χ2n) is 1.14. The number of anilines is 1. The van der Waals surface area contributed by atoms with Gasteiger partial charge in [-0.05, 0) is 0 Å². The number of hydrogen-bond donors (Lipinski definition) is 2. The van der Waals surface area contributed by atoms with E-state index in [4.69, 9.17) is 5.84 Å². The van der Waals surface area contributed by atoms with Crippen molar-refractivity contribution in [2.45, 2.75) is 0 Å². The molecule has 3 N–H and O–H groups in total. The molecule has 0 saturated heterocycles. The molecule has 0 unspecified atom stereocenters. The summed E-state index contributed by atoms with van der Waals surface area (Å²) >= 11 is 0. The van der Waals surface area contributed by atoms with Crippen molar-refractivity contribution in [3.05, 3.63) is 12.5 Å². The molecule has 0 bridgehead atoms. The quantitative estimate of drug-likeness (QED) is 0.365. The van der Waals surface area contributed by atoms with E-state index in [9.17, 15) is 0 Å². The average molecular weight is 111 g/mol. The van der Waals surface area contributed by atoms with Gasteiger partial charge >= 0.3 is 0 Å². The molecular weight excluding hydrogens is 106 g/mol. The summed E-state index contributed by atoms with van der Waals surface area (Å²) in [6.45, 7) is 0. The molecule has 0 fully saturated rings. The summed E-state index contributed by atoms with van der Waals surface area (Å²) in [7, 11) is 0. The molecule has 0 saturated carbocycles. The van der Waals surface area contributed by atoms with Crippen molar-refractivity contribution in [1.82, 2.24) is 15.2 Å². The Morgan fingerprint density at radius 2 is 2.50 bits per heavy atom. The number of hydrogen-bond acceptors (Lipinski definition) is 5. The number of aromatic nitrogens is 3. The fraction of sp³-hybridized carbons (Fsp3) is 0. The van der Waals surface area contributed by atoms with Crippen molar-refractivity contribution in [1.29, 1.82) is 0 Å². The van der Waals surface area contributed by atoms with Gasteiger partial charge in [-0.15, -0.1) is 10.2 Å². The Morgan fingerprint density at radius 3 is 2.88 bits per heavy atom. The van der Waals surface area contributed by atoms with Gasteiger partial charge in [0.05, 0.1) is 6.20 Å². The largest absolute Gasteiger partial charge is 0.306 e. The zero-order valence-corrected chi connectivity index (χ0v) is 4.07. The molecule has 0 radical (unpaired) electrons. The summed E-state index contributed by atoms with van der Waals surface area (Å²) in [5.41, 5.74) is 2.29. The number of nitrogens with zero attached hydrogens (tertiary/aromatic N) is 3. The maximum atomic E-state index is 4.96. The molecule has 0 aliphatic heterocycles.